The van der Waals surface area contributed by atoms with E-state index in [1.807, 2.05) is 60.7 Å². The van der Waals surface area contributed by atoms with Crippen LogP contribution in [-0.4, -0.2) is 109 Å². The first-order chi connectivity index (χ1) is 31.3. The van der Waals surface area contributed by atoms with Gasteiger partial charge in [0, 0.05) is 37.0 Å². The first-order valence-corrected chi connectivity index (χ1v) is 20.8. The first-order valence-electron chi connectivity index (χ1n) is 20.8. The average Bonchev–Trinajstić information content (AvgIpc) is 4.06. The van der Waals surface area contributed by atoms with E-state index in [1.54, 1.807) is 58.6 Å². The summed E-state index contributed by atoms with van der Waals surface area (Å²) in [6.45, 7) is 1.79. The van der Waals surface area contributed by atoms with Crippen LogP contribution in [0.4, 0.5) is 9.59 Å². The molecule has 0 unspecified atom stereocenters. The minimum absolute atomic E-state index is 0.209. The number of morpholine rings is 2. The molecule has 4 aliphatic heterocycles. The minimum atomic E-state index is -0.973. The lowest BCUT2D eigenvalue weighted by Crippen LogP contribution is -2.55. The Kier molecular flexibility index (Phi) is 12.1. The zero-order valence-corrected chi connectivity index (χ0v) is 35.0. The molecule has 4 aromatic carbocycles. The summed E-state index contributed by atoms with van der Waals surface area (Å²) < 4.78 is 34.1. The van der Waals surface area contributed by atoms with Gasteiger partial charge in [-0.25, -0.2) is 14.6 Å². The number of rotatable bonds is 10. The molecule has 9 rings (SSSR count). The SMILES string of the molecule is COC(=O)N[C@@H](C(=O)N1CCOC[C@H]1C1=NC=C(c2ccc3c(c2)Oc2ccc(-c4cnc([C@@H]5COCCN5C(=O)[C@H](NC(=O)OC)c5ccccc5)[nH]4)cc2O3)C1)c1ccccc1. The molecule has 17 heteroatoms. The Morgan fingerprint density at radius 1 is 0.688 bits per heavy atom. The number of imidazole rings is 1. The van der Waals surface area contributed by atoms with Crippen molar-refractivity contribution >= 4 is 35.3 Å². The largest absolute Gasteiger partial charge is 0.453 e. The van der Waals surface area contributed by atoms with Crippen molar-refractivity contribution in [2.45, 2.75) is 30.6 Å². The summed E-state index contributed by atoms with van der Waals surface area (Å²) in [4.78, 5) is 69.0. The third kappa shape index (κ3) is 8.62. The van der Waals surface area contributed by atoms with Crippen LogP contribution in [0, 0.1) is 0 Å². The van der Waals surface area contributed by atoms with Gasteiger partial charge in [0.15, 0.2) is 23.0 Å². The number of amides is 4. The lowest BCUT2D eigenvalue weighted by atomic mass is 9.97. The van der Waals surface area contributed by atoms with Crippen LogP contribution in [0.15, 0.2) is 114 Å². The second-order valence-electron chi connectivity index (χ2n) is 15.4. The Bertz CT molecular complexity index is 2620. The van der Waals surface area contributed by atoms with Gasteiger partial charge in [0.2, 0.25) is 0 Å². The summed E-state index contributed by atoms with van der Waals surface area (Å²) in [5.41, 5.74) is 5.31. The Labute approximate surface area is 368 Å². The number of aromatic nitrogens is 2. The maximum absolute atomic E-state index is 14.1. The van der Waals surface area contributed by atoms with Gasteiger partial charge in [-0.1, -0.05) is 66.7 Å². The molecule has 0 saturated carbocycles. The van der Waals surface area contributed by atoms with Gasteiger partial charge in [0.05, 0.1) is 58.6 Å². The van der Waals surface area contributed by atoms with Crippen molar-refractivity contribution in [2.24, 2.45) is 4.99 Å². The Hall–Kier alpha value is -7.50. The highest BCUT2D eigenvalue weighted by Crippen LogP contribution is 2.48. The fourth-order valence-electron chi connectivity index (χ4n) is 8.22. The van der Waals surface area contributed by atoms with Crippen LogP contribution in [0.5, 0.6) is 23.0 Å². The van der Waals surface area contributed by atoms with E-state index in [2.05, 4.69) is 20.6 Å². The summed E-state index contributed by atoms with van der Waals surface area (Å²) in [5, 5.41) is 5.38. The van der Waals surface area contributed by atoms with Crippen LogP contribution in [0.3, 0.4) is 0 Å². The Morgan fingerprint density at radius 3 is 1.80 bits per heavy atom. The molecule has 2 saturated heterocycles. The van der Waals surface area contributed by atoms with E-state index in [-0.39, 0.29) is 25.0 Å². The highest BCUT2D eigenvalue weighted by Gasteiger charge is 2.39. The number of methoxy groups -OCH3 is 2. The number of hydrogen-bond acceptors (Lipinski definition) is 12. The number of H-pyrrole nitrogens is 1. The second-order valence-corrected chi connectivity index (χ2v) is 15.4. The van der Waals surface area contributed by atoms with Crippen LogP contribution in [-0.2, 0) is 28.5 Å². The highest BCUT2D eigenvalue weighted by atomic mass is 16.6. The van der Waals surface area contributed by atoms with E-state index < -0.39 is 36.4 Å². The molecule has 5 aromatic rings. The van der Waals surface area contributed by atoms with E-state index in [9.17, 15) is 19.2 Å². The van der Waals surface area contributed by atoms with Gasteiger partial charge in [-0.2, -0.15) is 0 Å². The quantitative estimate of drug-likeness (QED) is 0.136. The molecule has 0 radical (unpaired) electrons. The molecule has 2 fully saturated rings. The molecule has 5 heterocycles. The molecule has 64 heavy (non-hydrogen) atoms. The molecule has 0 bridgehead atoms. The minimum Gasteiger partial charge on any atom is -0.453 e. The van der Waals surface area contributed by atoms with E-state index in [4.69, 9.17) is 33.4 Å². The zero-order valence-electron chi connectivity index (χ0n) is 35.0. The molecule has 328 valence electrons. The summed E-state index contributed by atoms with van der Waals surface area (Å²) in [7, 11) is 2.52. The number of aromatic amines is 1. The zero-order chi connectivity index (χ0) is 44.2. The number of carbonyl (C=O) groups excluding carboxylic acids is 4. The number of benzene rings is 4. The van der Waals surface area contributed by atoms with Gasteiger partial charge in [-0.15, -0.1) is 0 Å². The number of aliphatic imine (C=N–C) groups is 1. The van der Waals surface area contributed by atoms with Crippen LogP contribution in [0.1, 0.15) is 47.1 Å². The smallest absolute Gasteiger partial charge is 0.407 e. The van der Waals surface area contributed by atoms with Gasteiger partial charge < -0.3 is 53.8 Å². The lowest BCUT2D eigenvalue weighted by molar-refractivity contribution is -0.143. The molecule has 3 N–H and O–H groups in total. The lowest BCUT2D eigenvalue weighted by Gasteiger charge is -2.38. The molecule has 0 aliphatic carbocycles. The number of carbonyl (C=O) groups is 4. The van der Waals surface area contributed by atoms with Gasteiger partial charge >= 0.3 is 12.2 Å². The van der Waals surface area contributed by atoms with Crippen molar-refractivity contribution in [2.75, 3.05) is 53.7 Å². The van der Waals surface area contributed by atoms with Crippen molar-refractivity contribution in [3.05, 3.63) is 132 Å². The van der Waals surface area contributed by atoms with Gasteiger partial charge in [0.25, 0.3) is 11.8 Å². The molecule has 1 aromatic heterocycles. The number of fused-ring (bicyclic) bond motifs is 2. The third-order valence-electron chi connectivity index (χ3n) is 11.5. The second kappa shape index (κ2) is 18.5. The summed E-state index contributed by atoms with van der Waals surface area (Å²) >= 11 is 0. The van der Waals surface area contributed by atoms with Crippen LogP contribution < -0.4 is 20.1 Å². The number of hydrogen-bond donors (Lipinski definition) is 3. The number of allylic oxidation sites excluding steroid dienone is 1. The molecule has 17 nitrogen and oxygen atoms in total. The van der Waals surface area contributed by atoms with Crippen molar-refractivity contribution < 1.29 is 47.6 Å². The van der Waals surface area contributed by atoms with Crippen molar-refractivity contribution in [3.8, 4) is 34.3 Å². The maximum atomic E-state index is 14.1. The normalized spacial score (nSPS) is 18.7. The standard InChI is InChI=1S/C47H45N7O10/c1-59-46(57)51-41(28-9-5-3-6-10-28)44(55)53-17-19-61-26-35(53)33-21-32(24-48-33)30-13-15-37-39(22-30)63-38-16-14-31(23-40(38)64-37)34-25-49-43(50-34)36-27-62-20-18-54(36)45(56)42(52-47(58)60-2)29-11-7-4-8-12-29/h3-16,22-25,35-36,41-42H,17-21,26-27H2,1-2H3,(H,49,50)(H,51,57)(H,52,58)/t35-,36-,41+,42+/m0/s1. The van der Waals surface area contributed by atoms with E-state index >= 15 is 0 Å². The van der Waals surface area contributed by atoms with Gasteiger partial charge in [-0.3, -0.25) is 14.6 Å². The van der Waals surface area contributed by atoms with Crippen molar-refractivity contribution in [3.63, 3.8) is 0 Å². The molecular weight excluding hydrogens is 823 g/mol. The maximum Gasteiger partial charge on any atom is 0.407 e. The topological polar surface area (TPSA) is 195 Å². The van der Waals surface area contributed by atoms with Crippen molar-refractivity contribution in [1.29, 1.82) is 0 Å². The van der Waals surface area contributed by atoms with Crippen LogP contribution in [0.25, 0.3) is 16.8 Å². The van der Waals surface area contributed by atoms with E-state index in [0.717, 1.165) is 22.4 Å². The monoisotopic (exact) mass is 867 g/mol. The Balaban J connectivity index is 0.871. The summed E-state index contributed by atoms with van der Waals surface area (Å²) in [6.07, 6.45) is 2.54. The van der Waals surface area contributed by atoms with E-state index in [0.29, 0.717) is 78.4 Å². The number of ether oxygens (including phenoxy) is 6. The number of nitrogens with zero attached hydrogens (tertiary/aromatic N) is 4. The van der Waals surface area contributed by atoms with Crippen molar-refractivity contribution in [1.82, 2.24) is 30.4 Å². The summed E-state index contributed by atoms with van der Waals surface area (Å²) in [5.74, 6) is 2.02. The Morgan fingerprint density at radius 2 is 1.22 bits per heavy atom. The summed E-state index contributed by atoms with van der Waals surface area (Å²) in [6, 6.07) is 26.4. The average molecular weight is 868 g/mol. The number of nitrogens with one attached hydrogen (secondary N) is 3. The molecule has 4 amide bonds. The van der Waals surface area contributed by atoms with Gasteiger partial charge in [0.1, 0.15) is 23.9 Å². The number of alkyl carbamates (subject to hydrolysis) is 2. The van der Waals surface area contributed by atoms with Crippen LogP contribution >= 0.6 is 0 Å². The molecule has 4 atom stereocenters. The fourth-order valence-corrected chi connectivity index (χ4v) is 8.22. The predicted molar refractivity (Wildman–Crippen MR) is 232 cm³/mol. The fraction of sp³-hybridized carbons (Fsp3) is 0.277. The van der Waals surface area contributed by atoms with E-state index in [1.165, 1.54) is 14.2 Å². The third-order valence-corrected chi connectivity index (χ3v) is 11.5. The molecular formula is C47H45N7O10. The van der Waals surface area contributed by atoms with Crippen LogP contribution in [0.2, 0.25) is 0 Å². The van der Waals surface area contributed by atoms with Gasteiger partial charge in [-0.05, 0) is 52.6 Å². The predicted octanol–water partition coefficient (Wildman–Crippen LogP) is 6.48. The first kappa shape index (κ1) is 41.8. The molecule has 0 spiro atoms. The highest BCUT2D eigenvalue weighted by molar-refractivity contribution is 6.04. The molecule has 4 aliphatic rings.